The van der Waals surface area contributed by atoms with E-state index in [2.05, 4.69) is 5.32 Å². The average Bonchev–Trinajstić information content (AvgIpc) is 2.89. The van der Waals surface area contributed by atoms with Gasteiger partial charge in [-0.05, 0) is 11.1 Å². The first-order valence-electron chi connectivity index (χ1n) is 5.97. The Bertz CT molecular complexity index is 478. The van der Waals surface area contributed by atoms with Gasteiger partial charge in [0.1, 0.15) is 0 Å². The highest BCUT2D eigenvalue weighted by atomic mass is 16.3. The lowest BCUT2D eigenvalue weighted by atomic mass is 9.93. The van der Waals surface area contributed by atoms with Gasteiger partial charge in [-0.15, -0.1) is 0 Å². The fourth-order valence-corrected chi connectivity index (χ4v) is 2.94. The summed E-state index contributed by atoms with van der Waals surface area (Å²) in [5, 5.41) is 12.7. The summed E-state index contributed by atoms with van der Waals surface area (Å²) in [4.78, 5) is 12.3. The fourth-order valence-electron chi connectivity index (χ4n) is 2.94. The highest BCUT2D eigenvalue weighted by Crippen LogP contribution is 2.40. The molecule has 1 saturated heterocycles. The number of carbonyl (C=O) groups excluding carboxylic acids is 1. The van der Waals surface area contributed by atoms with Gasteiger partial charge >= 0.3 is 0 Å². The molecule has 2 N–H and O–H groups in total. The summed E-state index contributed by atoms with van der Waals surface area (Å²) in [5.41, 5.74) is 3.00. The summed E-state index contributed by atoms with van der Waals surface area (Å²) in [6.07, 6.45) is 0. The molecule has 1 aliphatic carbocycles. The minimum atomic E-state index is -0.241. The van der Waals surface area contributed by atoms with Crippen LogP contribution in [0, 0.1) is 11.8 Å². The number of allylic oxidation sites excluding steroid dienone is 1. The molecule has 3 heteroatoms. The van der Waals surface area contributed by atoms with Crippen molar-refractivity contribution in [2.45, 2.75) is 0 Å². The molecule has 3 nitrogen and oxygen atoms in total. The predicted molar refractivity (Wildman–Crippen MR) is 65.3 cm³/mol. The van der Waals surface area contributed by atoms with Crippen molar-refractivity contribution < 1.29 is 9.90 Å². The number of Topliss-reactive ketones (excluding diaryl/α,β-unsaturated/α-hetero) is 1. The van der Waals surface area contributed by atoms with Gasteiger partial charge in [0.2, 0.25) is 0 Å². The third-order valence-corrected chi connectivity index (χ3v) is 3.78. The number of aliphatic hydroxyl groups excluding tert-OH is 1. The van der Waals surface area contributed by atoms with E-state index in [0.29, 0.717) is 0 Å². The Morgan fingerprint density at radius 3 is 2.76 bits per heavy atom. The van der Waals surface area contributed by atoms with E-state index >= 15 is 0 Å². The highest BCUT2D eigenvalue weighted by molar-refractivity contribution is 6.25. The van der Waals surface area contributed by atoms with Crippen molar-refractivity contribution in [1.82, 2.24) is 5.32 Å². The molecule has 0 aromatic heterocycles. The van der Waals surface area contributed by atoms with Gasteiger partial charge in [-0.25, -0.2) is 0 Å². The lowest BCUT2D eigenvalue weighted by molar-refractivity contribution is -0.118. The SMILES string of the molecule is O=C1C(c2ccccc2)=C2CNCC2C1CO. The Kier molecular flexibility index (Phi) is 2.57. The zero-order valence-corrected chi connectivity index (χ0v) is 9.52. The maximum Gasteiger partial charge on any atom is 0.169 e. The molecule has 1 aliphatic heterocycles. The molecular weight excluding hydrogens is 214 g/mol. The number of benzene rings is 1. The molecule has 0 amide bonds. The average molecular weight is 229 g/mol. The van der Waals surface area contributed by atoms with E-state index in [0.717, 1.165) is 24.2 Å². The molecule has 2 atom stereocenters. The standard InChI is InChI=1S/C14H15NO2/c16-8-12-10-6-15-7-11(10)13(14(12)17)9-4-2-1-3-5-9/h1-5,10,12,15-16H,6-8H2. The third-order valence-electron chi connectivity index (χ3n) is 3.78. The summed E-state index contributed by atoms with van der Waals surface area (Å²) in [7, 11) is 0. The van der Waals surface area contributed by atoms with E-state index in [1.807, 2.05) is 30.3 Å². The summed E-state index contributed by atoms with van der Waals surface area (Å²) in [6.45, 7) is 1.53. The van der Waals surface area contributed by atoms with Gasteiger partial charge in [-0.3, -0.25) is 4.79 Å². The molecule has 2 aliphatic rings. The number of aliphatic hydroxyl groups is 1. The van der Waals surface area contributed by atoms with E-state index in [-0.39, 0.29) is 24.2 Å². The van der Waals surface area contributed by atoms with E-state index in [1.165, 1.54) is 5.57 Å². The highest BCUT2D eigenvalue weighted by Gasteiger charge is 2.43. The van der Waals surface area contributed by atoms with Crippen LogP contribution in [0.3, 0.4) is 0 Å². The topological polar surface area (TPSA) is 49.3 Å². The van der Waals surface area contributed by atoms with E-state index < -0.39 is 0 Å². The maximum absolute atomic E-state index is 12.3. The molecule has 1 aromatic carbocycles. The van der Waals surface area contributed by atoms with Crippen LogP contribution in [0.15, 0.2) is 35.9 Å². The number of ketones is 1. The van der Waals surface area contributed by atoms with Crippen molar-refractivity contribution in [3.8, 4) is 0 Å². The van der Waals surface area contributed by atoms with Crippen molar-refractivity contribution in [3.05, 3.63) is 41.5 Å². The molecule has 17 heavy (non-hydrogen) atoms. The molecule has 3 rings (SSSR count). The van der Waals surface area contributed by atoms with E-state index in [4.69, 9.17) is 0 Å². The molecule has 1 heterocycles. The minimum Gasteiger partial charge on any atom is -0.396 e. The first-order chi connectivity index (χ1) is 8.33. The number of carbonyl (C=O) groups is 1. The Labute approximate surface area is 100 Å². The van der Waals surface area contributed by atoms with Gasteiger partial charge in [0.15, 0.2) is 5.78 Å². The van der Waals surface area contributed by atoms with E-state index in [1.54, 1.807) is 0 Å². The van der Waals surface area contributed by atoms with Crippen LogP contribution in [0.25, 0.3) is 5.57 Å². The molecule has 0 saturated carbocycles. The lowest BCUT2D eigenvalue weighted by Gasteiger charge is -2.12. The Balaban J connectivity index is 2.09. The fraction of sp³-hybridized carbons (Fsp3) is 0.357. The van der Waals surface area contributed by atoms with Crippen molar-refractivity contribution in [3.63, 3.8) is 0 Å². The van der Waals surface area contributed by atoms with Crippen LogP contribution in [-0.4, -0.2) is 30.6 Å². The van der Waals surface area contributed by atoms with Crippen LogP contribution < -0.4 is 5.32 Å². The predicted octanol–water partition coefficient (Wildman–Crippen LogP) is 0.851. The van der Waals surface area contributed by atoms with Gasteiger partial charge in [0.05, 0.1) is 12.5 Å². The molecule has 0 bridgehead atoms. The molecule has 2 unspecified atom stereocenters. The molecule has 88 valence electrons. The van der Waals surface area contributed by atoms with Crippen molar-refractivity contribution in [2.75, 3.05) is 19.7 Å². The number of rotatable bonds is 2. The summed E-state index contributed by atoms with van der Waals surface area (Å²) < 4.78 is 0. The monoisotopic (exact) mass is 229 g/mol. The van der Waals surface area contributed by atoms with Gasteiger partial charge in [-0.2, -0.15) is 0 Å². The number of hydrogen-bond acceptors (Lipinski definition) is 3. The molecule has 1 fully saturated rings. The van der Waals surface area contributed by atoms with Crippen LogP contribution in [-0.2, 0) is 4.79 Å². The van der Waals surface area contributed by atoms with Gasteiger partial charge in [0.25, 0.3) is 0 Å². The number of hydrogen-bond donors (Lipinski definition) is 2. The Morgan fingerprint density at radius 1 is 1.29 bits per heavy atom. The zero-order valence-electron chi connectivity index (χ0n) is 9.52. The van der Waals surface area contributed by atoms with Crippen molar-refractivity contribution in [1.29, 1.82) is 0 Å². The number of fused-ring (bicyclic) bond motifs is 1. The quantitative estimate of drug-likeness (QED) is 0.790. The Morgan fingerprint density at radius 2 is 2.06 bits per heavy atom. The molecular formula is C14H15NO2. The van der Waals surface area contributed by atoms with Gasteiger partial charge in [0, 0.05) is 24.6 Å². The Hall–Kier alpha value is -1.45. The van der Waals surface area contributed by atoms with Gasteiger partial charge in [-0.1, -0.05) is 30.3 Å². The third kappa shape index (κ3) is 1.54. The summed E-state index contributed by atoms with van der Waals surface area (Å²) in [5.74, 6) is 0.0677. The molecule has 0 radical (unpaired) electrons. The van der Waals surface area contributed by atoms with Crippen LogP contribution in [0.4, 0.5) is 0 Å². The van der Waals surface area contributed by atoms with Crippen molar-refractivity contribution >= 4 is 11.4 Å². The van der Waals surface area contributed by atoms with Crippen LogP contribution in [0.1, 0.15) is 5.56 Å². The van der Waals surface area contributed by atoms with Crippen LogP contribution in [0.2, 0.25) is 0 Å². The molecule has 1 aromatic rings. The van der Waals surface area contributed by atoms with Gasteiger partial charge < -0.3 is 10.4 Å². The number of nitrogens with one attached hydrogen (secondary N) is 1. The zero-order chi connectivity index (χ0) is 11.8. The largest absolute Gasteiger partial charge is 0.396 e. The van der Waals surface area contributed by atoms with Crippen LogP contribution in [0.5, 0.6) is 0 Å². The van der Waals surface area contributed by atoms with E-state index in [9.17, 15) is 9.90 Å². The maximum atomic E-state index is 12.3. The lowest BCUT2D eigenvalue weighted by Crippen LogP contribution is -2.25. The summed E-state index contributed by atoms with van der Waals surface area (Å²) in [6, 6.07) is 9.77. The molecule has 0 spiro atoms. The second-order valence-corrected chi connectivity index (χ2v) is 4.66. The normalized spacial score (nSPS) is 27.7. The second-order valence-electron chi connectivity index (χ2n) is 4.66. The minimum absolute atomic E-state index is 0.0506. The summed E-state index contributed by atoms with van der Waals surface area (Å²) >= 11 is 0. The smallest absolute Gasteiger partial charge is 0.169 e. The van der Waals surface area contributed by atoms with Crippen LogP contribution >= 0.6 is 0 Å². The first-order valence-corrected chi connectivity index (χ1v) is 5.97. The first kappa shape index (κ1) is 10.7. The van der Waals surface area contributed by atoms with Crippen molar-refractivity contribution in [2.24, 2.45) is 11.8 Å². The second kappa shape index (κ2) is 4.09.